The third-order valence-corrected chi connectivity index (χ3v) is 10.8. The summed E-state index contributed by atoms with van der Waals surface area (Å²) in [7, 11) is 0. The van der Waals surface area contributed by atoms with E-state index < -0.39 is 0 Å². The van der Waals surface area contributed by atoms with Crippen molar-refractivity contribution >= 4 is 27.1 Å². The minimum atomic E-state index is 1.03. The molecule has 0 atom stereocenters. The van der Waals surface area contributed by atoms with Gasteiger partial charge in [0.2, 0.25) is 0 Å². The zero-order valence-electron chi connectivity index (χ0n) is 29.7. The van der Waals surface area contributed by atoms with Gasteiger partial charge in [-0.2, -0.15) is 0 Å². The standard InChI is InChI=1S/C50H44/c1-5-13-46-44(20-11-21-47(46)49-23-12-22-48-45-17-9-7-15-40(45)32-34(3)50(48)49)39-30-26-37(27-31-39)36-24-28-38(29-25-36)42-18-10-19-43(35(42)4)41-16-8-6-14-33(41)2/h6-7,9-12,14-15,17-32H,5,8,13,16H2,1-4H3. The minimum absolute atomic E-state index is 1.03. The lowest BCUT2D eigenvalue weighted by Gasteiger charge is -2.19. The maximum Gasteiger partial charge on any atom is -0.00696 e. The molecule has 0 saturated heterocycles. The van der Waals surface area contributed by atoms with Crippen molar-refractivity contribution in [2.24, 2.45) is 0 Å². The number of benzene rings is 7. The van der Waals surface area contributed by atoms with Gasteiger partial charge in [0.05, 0.1) is 0 Å². The smallest absolute Gasteiger partial charge is 0.00696 e. The van der Waals surface area contributed by atoms with Crippen LogP contribution in [0.25, 0.3) is 71.6 Å². The van der Waals surface area contributed by atoms with Crippen molar-refractivity contribution in [3.63, 3.8) is 0 Å². The Bertz CT molecular complexity index is 2430. The second-order valence-corrected chi connectivity index (χ2v) is 14.0. The number of hydrogen-bond acceptors (Lipinski definition) is 0. The van der Waals surface area contributed by atoms with Crippen molar-refractivity contribution in [3.8, 4) is 44.5 Å². The van der Waals surface area contributed by atoms with Crippen LogP contribution in [0, 0.1) is 13.8 Å². The largest absolute Gasteiger partial charge is 0.0839 e. The summed E-state index contributed by atoms with van der Waals surface area (Å²) in [6.45, 7) is 9.07. The average molecular weight is 645 g/mol. The van der Waals surface area contributed by atoms with Gasteiger partial charge in [0.25, 0.3) is 0 Å². The second kappa shape index (κ2) is 13.4. The van der Waals surface area contributed by atoms with E-state index in [0.717, 1.165) is 25.7 Å². The Morgan fingerprint density at radius 3 is 1.82 bits per heavy atom. The molecule has 0 nitrogen and oxygen atoms in total. The van der Waals surface area contributed by atoms with Crippen LogP contribution in [0.1, 0.15) is 55.4 Å². The summed E-state index contributed by atoms with van der Waals surface area (Å²) in [5.74, 6) is 0. The number of fused-ring (bicyclic) bond motifs is 3. The van der Waals surface area contributed by atoms with Crippen LogP contribution in [0.3, 0.4) is 0 Å². The van der Waals surface area contributed by atoms with Crippen LogP contribution in [0.2, 0.25) is 0 Å². The lowest BCUT2D eigenvalue weighted by molar-refractivity contribution is 0.925. The molecule has 8 rings (SSSR count). The van der Waals surface area contributed by atoms with E-state index in [1.54, 1.807) is 0 Å². The van der Waals surface area contributed by atoms with Crippen molar-refractivity contribution in [2.45, 2.75) is 53.4 Å². The Morgan fingerprint density at radius 1 is 0.520 bits per heavy atom. The molecule has 0 aromatic heterocycles. The van der Waals surface area contributed by atoms with Crippen molar-refractivity contribution < 1.29 is 0 Å². The van der Waals surface area contributed by atoms with Crippen LogP contribution in [-0.4, -0.2) is 0 Å². The molecule has 7 aromatic rings. The van der Waals surface area contributed by atoms with Crippen LogP contribution in [0.5, 0.6) is 0 Å². The van der Waals surface area contributed by atoms with Gasteiger partial charge < -0.3 is 0 Å². The molecule has 7 aromatic carbocycles. The molecule has 0 heterocycles. The van der Waals surface area contributed by atoms with Crippen molar-refractivity contribution in [1.82, 2.24) is 0 Å². The van der Waals surface area contributed by atoms with E-state index in [0.29, 0.717) is 0 Å². The summed E-state index contributed by atoms with van der Waals surface area (Å²) in [6.07, 6.45) is 8.94. The Kier molecular flexibility index (Phi) is 8.55. The molecule has 0 heteroatoms. The molecule has 0 unspecified atom stereocenters. The highest BCUT2D eigenvalue weighted by molar-refractivity contribution is 6.14. The van der Waals surface area contributed by atoms with Gasteiger partial charge in [-0.05, 0) is 139 Å². The lowest BCUT2D eigenvalue weighted by Crippen LogP contribution is -1.97. The van der Waals surface area contributed by atoms with E-state index >= 15 is 0 Å². The van der Waals surface area contributed by atoms with Gasteiger partial charge >= 0.3 is 0 Å². The summed E-state index contributed by atoms with van der Waals surface area (Å²) in [5, 5.41) is 5.31. The topological polar surface area (TPSA) is 0 Å². The molecule has 0 saturated carbocycles. The number of aryl methyl sites for hydroxylation is 1. The number of rotatable bonds is 7. The average Bonchev–Trinajstić information content (AvgIpc) is 3.16. The van der Waals surface area contributed by atoms with Gasteiger partial charge in [-0.25, -0.2) is 0 Å². The van der Waals surface area contributed by atoms with Crippen LogP contribution in [-0.2, 0) is 6.42 Å². The summed E-state index contributed by atoms with van der Waals surface area (Å²) in [5.41, 5.74) is 18.7. The lowest BCUT2D eigenvalue weighted by atomic mass is 9.85. The van der Waals surface area contributed by atoms with Crippen molar-refractivity contribution in [1.29, 1.82) is 0 Å². The highest BCUT2D eigenvalue weighted by Crippen LogP contribution is 2.41. The quantitative estimate of drug-likeness (QED) is 0.151. The van der Waals surface area contributed by atoms with Crippen molar-refractivity contribution in [3.05, 3.63) is 173 Å². The first-order valence-electron chi connectivity index (χ1n) is 18.2. The fourth-order valence-corrected chi connectivity index (χ4v) is 8.32. The normalized spacial score (nSPS) is 13.0. The fourth-order valence-electron chi connectivity index (χ4n) is 8.32. The number of allylic oxidation sites excluding steroid dienone is 4. The maximum absolute atomic E-state index is 2.35. The second-order valence-electron chi connectivity index (χ2n) is 14.0. The third kappa shape index (κ3) is 5.69. The predicted octanol–water partition coefficient (Wildman–Crippen LogP) is 14.4. The Morgan fingerprint density at radius 2 is 1.10 bits per heavy atom. The third-order valence-electron chi connectivity index (χ3n) is 10.8. The summed E-state index contributed by atoms with van der Waals surface area (Å²) >= 11 is 0. The number of hydrogen-bond donors (Lipinski definition) is 0. The molecule has 0 amide bonds. The summed E-state index contributed by atoms with van der Waals surface area (Å²) in [6, 6.07) is 49.9. The molecule has 1 aliphatic carbocycles. The highest BCUT2D eigenvalue weighted by Gasteiger charge is 2.17. The molecule has 0 radical (unpaired) electrons. The van der Waals surface area contributed by atoms with Gasteiger partial charge in [0.1, 0.15) is 0 Å². The van der Waals surface area contributed by atoms with Gasteiger partial charge in [0, 0.05) is 0 Å². The van der Waals surface area contributed by atoms with E-state index in [9.17, 15) is 0 Å². The molecule has 0 bridgehead atoms. The zero-order chi connectivity index (χ0) is 34.2. The van der Waals surface area contributed by atoms with Crippen LogP contribution < -0.4 is 0 Å². The van der Waals surface area contributed by atoms with Crippen LogP contribution in [0.4, 0.5) is 0 Å². The van der Waals surface area contributed by atoms with E-state index in [1.807, 2.05) is 0 Å². The Balaban J connectivity index is 1.13. The summed E-state index contributed by atoms with van der Waals surface area (Å²) in [4.78, 5) is 0. The molecule has 50 heavy (non-hydrogen) atoms. The van der Waals surface area contributed by atoms with Gasteiger partial charge in [-0.15, -0.1) is 0 Å². The molecule has 0 aliphatic heterocycles. The first-order chi connectivity index (χ1) is 24.5. The summed E-state index contributed by atoms with van der Waals surface area (Å²) < 4.78 is 0. The molecular weight excluding hydrogens is 601 g/mol. The van der Waals surface area contributed by atoms with Crippen LogP contribution >= 0.6 is 0 Å². The fraction of sp³-hybridized carbons (Fsp3) is 0.160. The molecule has 244 valence electrons. The minimum Gasteiger partial charge on any atom is -0.0839 e. The SMILES string of the molecule is CCCc1c(-c2ccc(-c3ccc(-c4cccc(C5=C(C)C=CCC5)c4C)cc3)cc2)cccc1-c1cccc2c1c(C)cc1ccccc12. The van der Waals surface area contributed by atoms with E-state index in [2.05, 4.69) is 173 Å². The van der Waals surface area contributed by atoms with Crippen molar-refractivity contribution in [2.75, 3.05) is 0 Å². The molecule has 0 spiro atoms. The van der Waals surface area contributed by atoms with E-state index in [1.165, 1.54) is 99.5 Å². The Hall–Kier alpha value is -5.46. The molecule has 1 aliphatic rings. The molecular formula is C50H44. The molecule has 0 N–H and O–H groups in total. The zero-order valence-corrected chi connectivity index (χ0v) is 29.7. The van der Waals surface area contributed by atoms with Gasteiger partial charge in [-0.1, -0.05) is 159 Å². The predicted molar refractivity (Wildman–Crippen MR) is 218 cm³/mol. The highest BCUT2D eigenvalue weighted by atomic mass is 14.2. The maximum atomic E-state index is 2.35. The van der Waals surface area contributed by atoms with E-state index in [4.69, 9.17) is 0 Å². The van der Waals surface area contributed by atoms with Gasteiger partial charge in [0.15, 0.2) is 0 Å². The monoisotopic (exact) mass is 644 g/mol. The first-order valence-corrected chi connectivity index (χ1v) is 18.2. The molecule has 0 fully saturated rings. The van der Waals surface area contributed by atoms with Gasteiger partial charge in [-0.3, -0.25) is 0 Å². The van der Waals surface area contributed by atoms with Crippen LogP contribution in [0.15, 0.2) is 151 Å². The van der Waals surface area contributed by atoms with E-state index in [-0.39, 0.29) is 0 Å². The Labute approximate surface area is 297 Å². The first kappa shape index (κ1) is 31.8.